The second-order valence-electron chi connectivity index (χ2n) is 5.54. The summed E-state index contributed by atoms with van der Waals surface area (Å²) in [6.45, 7) is 3.74. The minimum Gasteiger partial charge on any atom is -0.360 e. The Kier molecular flexibility index (Phi) is 4.06. The van der Waals surface area contributed by atoms with Crippen LogP contribution < -0.4 is 14.8 Å². The standard InChI is InChI=1S/C15H17F3N4/c16-15(17,18)13-4-2-6-20-14(13)22-9-7-21(8-10-22)11-12-3-1-5-19-12/h1-6,19H,7-11H2/p+2. The Morgan fingerprint density at radius 3 is 2.59 bits per heavy atom. The van der Waals surface area contributed by atoms with E-state index < -0.39 is 11.7 Å². The molecule has 0 saturated carbocycles. The average Bonchev–Trinajstić information content (AvgIpc) is 3.00. The number of aromatic nitrogens is 2. The molecule has 0 spiro atoms. The van der Waals surface area contributed by atoms with Crippen LogP contribution >= 0.6 is 0 Å². The molecule has 1 saturated heterocycles. The zero-order valence-corrected chi connectivity index (χ0v) is 12.1. The van der Waals surface area contributed by atoms with Crippen LogP contribution in [0.15, 0.2) is 36.7 Å². The molecule has 1 fully saturated rings. The van der Waals surface area contributed by atoms with Crippen molar-refractivity contribution in [3.63, 3.8) is 0 Å². The van der Waals surface area contributed by atoms with E-state index in [0.29, 0.717) is 13.1 Å². The third-order valence-electron chi connectivity index (χ3n) is 4.03. The predicted octanol–water partition coefficient (Wildman–Crippen LogP) is 0.753. The smallest absolute Gasteiger partial charge is 0.360 e. The van der Waals surface area contributed by atoms with E-state index in [0.717, 1.165) is 31.4 Å². The second-order valence-corrected chi connectivity index (χ2v) is 5.54. The molecule has 1 aliphatic rings. The van der Waals surface area contributed by atoms with Gasteiger partial charge in [0.2, 0.25) is 0 Å². The lowest BCUT2D eigenvalue weighted by molar-refractivity contribution is -0.914. The van der Waals surface area contributed by atoms with Crippen molar-refractivity contribution in [2.75, 3.05) is 31.1 Å². The quantitative estimate of drug-likeness (QED) is 0.862. The summed E-state index contributed by atoms with van der Waals surface area (Å²) in [7, 11) is 0. The molecular formula is C15H19F3N4+2. The summed E-state index contributed by atoms with van der Waals surface area (Å²) in [5.41, 5.74) is 0.563. The number of anilines is 1. The zero-order valence-electron chi connectivity index (χ0n) is 12.1. The predicted molar refractivity (Wildman–Crippen MR) is 75.4 cm³/mol. The first-order valence-electron chi connectivity index (χ1n) is 7.33. The van der Waals surface area contributed by atoms with Crippen LogP contribution in [0.3, 0.4) is 0 Å². The Balaban J connectivity index is 1.67. The number of hydrogen-bond donors (Lipinski definition) is 2. The van der Waals surface area contributed by atoms with Gasteiger partial charge >= 0.3 is 6.18 Å². The fraction of sp³-hybridized carbons (Fsp3) is 0.400. The Morgan fingerprint density at radius 1 is 1.18 bits per heavy atom. The summed E-state index contributed by atoms with van der Waals surface area (Å²) in [5.74, 6) is 0.175. The largest absolute Gasteiger partial charge is 0.424 e. The van der Waals surface area contributed by atoms with E-state index in [4.69, 9.17) is 0 Å². The number of nitrogens with zero attached hydrogens (tertiary/aromatic N) is 1. The summed E-state index contributed by atoms with van der Waals surface area (Å²) in [6.07, 6.45) is -0.899. The summed E-state index contributed by atoms with van der Waals surface area (Å²) >= 11 is 0. The number of aromatic amines is 2. The molecule has 7 heteroatoms. The van der Waals surface area contributed by atoms with Crippen LogP contribution in [0, 0.1) is 0 Å². The fourth-order valence-corrected chi connectivity index (χ4v) is 2.89. The molecule has 4 nitrogen and oxygen atoms in total. The van der Waals surface area contributed by atoms with Gasteiger partial charge in [-0.25, -0.2) is 9.88 Å². The van der Waals surface area contributed by atoms with Crippen LogP contribution in [0.5, 0.6) is 0 Å². The maximum Gasteiger partial charge on any atom is 0.424 e. The normalized spacial score (nSPS) is 17.0. The fourth-order valence-electron chi connectivity index (χ4n) is 2.89. The summed E-state index contributed by atoms with van der Waals surface area (Å²) < 4.78 is 39.2. The van der Waals surface area contributed by atoms with Crippen molar-refractivity contribution in [3.8, 4) is 0 Å². The highest BCUT2D eigenvalue weighted by Gasteiger charge is 2.40. The molecule has 0 atom stereocenters. The van der Waals surface area contributed by atoms with Gasteiger partial charge in [0.1, 0.15) is 38.3 Å². The van der Waals surface area contributed by atoms with E-state index in [1.165, 1.54) is 11.0 Å². The minimum absolute atomic E-state index is 0.175. The van der Waals surface area contributed by atoms with Crippen molar-refractivity contribution in [3.05, 3.63) is 47.9 Å². The molecule has 3 rings (SSSR count). The maximum atomic E-state index is 13.1. The zero-order chi connectivity index (χ0) is 15.6. The van der Waals surface area contributed by atoms with Crippen LogP contribution in [-0.4, -0.2) is 31.2 Å². The number of hydrogen-bond acceptors (Lipinski definition) is 1. The Morgan fingerprint density at radius 2 is 1.95 bits per heavy atom. The van der Waals surface area contributed by atoms with Gasteiger partial charge in [-0.15, -0.1) is 0 Å². The van der Waals surface area contributed by atoms with Gasteiger partial charge in [0.05, 0.1) is 11.9 Å². The van der Waals surface area contributed by atoms with Gasteiger partial charge in [-0.05, 0) is 24.3 Å². The molecule has 2 aromatic heterocycles. The monoisotopic (exact) mass is 312 g/mol. The van der Waals surface area contributed by atoms with Crippen molar-refractivity contribution in [1.29, 1.82) is 0 Å². The highest BCUT2D eigenvalue weighted by Crippen LogP contribution is 2.33. The lowest BCUT2D eigenvalue weighted by atomic mass is 10.2. The van der Waals surface area contributed by atoms with E-state index in [9.17, 15) is 13.2 Å². The van der Waals surface area contributed by atoms with Crippen molar-refractivity contribution in [1.82, 2.24) is 4.98 Å². The summed E-state index contributed by atoms with van der Waals surface area (Å²) in [4.78, 5) is 9.10. The highest BCUT2D eigenvalue weighted by molar-refractivity contribution is 5.43. The number of H-pyrrole nitrogens is 2. The maximum absolute atomic E-state index is 13.1. The molecule has 0 amide bonds. The van der Waals surface area contributed by atoms with Gasteiger partial charge in [-0.2, -0.15) is 13.2 Å². The first-order valence-corrected chi connectivity index (χ1v) is 7.33. The van der Waals surface area contributed by atoms with E-state index in [1.54, 1.807) is 11.1 Å². The van der Waals surface area contributed by atoms with Crippen molar-refractivity contribution < 1.29 is 23.1 Å². The first kappa shape index (κ1) is 14.9. The Labute approximate surface area is 126 Å². The highest BCUT2D eigenvalue weighted by atomic mass is 19.4. The van der Waals surface area contributed by atoms with Gasteiger partial charge in [-0.3, -0.25) is 0 Å². The molecule has 0 bridgehead atoms. The first-order chi connectivity index (χ1) is 10.5. The molecule has 3 heterocycles. The Bertz CT molecular complexity index is 602. The lowest BCUT2D eigenvalue weighted by Crippen LogP contribution is -3.13. The molecule has 3 N–H and O–H groups in total. The number of alkyl halides is 3. The van der Waals surface area contributed by atoms with Gasteiger partial charge < -0.3 is 9.88 Å². The van der Waals surface area contributed by atoms with E-state index in [2.05, 4.69) is 9.97 Å². The van der Waals surface area contributed by atoms with E-state index in [-0.39, 0.29) is 5.82 Å². The van der Waals surface area contributed by atoms with Gasteiger partial charge in [0.25, 0.3) is 5.82 Å². The van der Waals surface area contributed by atoms with E-state index in [1.807, 2.05) is 18.3 Å². The number of halogens is 3. The van der Waals surface area contributed by atoms with Crippen molar-refractivity contribution in [2.45, 2.75) is 12.7 Å². The molecule has 22 heavy (non-hydrogen) atoms. The van der Waals surface area contributed by atoms with E-state index >= 15 is 0 Å². The van der Waals surface area contributed by atoms with Crippen LogP contribution in [0.2, 0.25) is 0 Å². The topological polar surface area (TPSA) is 37.6 Å². The number of piperazine rings is 1. The van der Waals surface area contributed by atoms with Gasteiger partial charge in [0.15, 0.2) is 0 Å². The summed E-state index contributed by atoms with van der Waals surface area (Å²) in [6, 6.07) is 6.51. The van der Waals surface area contributed by atoms with Crippen LogP contribution in [-0.2, 0) is 12.7 Å². The molecule has 0 aliphatic carbocycles. The number of nitrogens with one attached hydrogen (secondary N) is 3. The molecule has 0 unspecified atom stereocenters. The lowest BCUT2D eigenvalue weighted by Gasteiger charge is -2.29. The summed E-state index contributed by atoms with van der Waals surface area (Å²) in [5, 5.41) is 0. The molecule has 2 aromatic rings. The van der Waals surface area contributed by atoms with Crippen LogP contribution in [0.25, 0.3) is 0 Å². The third-order valence-corrected chi connectivity index (χ3v) is 4.03. The molecule has 0 aromatic carbocycles. The van der Waals surface area contributed by atoms with Crippen molar-refractivity contribution in [2.24, 2.45) is 0 Å². The van der Waals surface area contributed by atoms with Gasteiger partial charge in [0, 0.05) is 6.20 Å². The number of rotatable bonds is 3. The molecule has 0 radical (unpaired) electrons. The average molecular weight is 312 g/mol. The molecule has 1 aliphatic heterocycles. The molecule has 118 valence electrons. The van der Waals surface area contributed by atoms with Gasteiger partial charge in [-0.1, -0.05) is 0 Å². The third kappa shape index (κ3) is 3.24. The SMILES string of the molecule is FC(F)(F)c1ccc[nH+]c1N1CC[NH+](Cc2ccc[nH]2)CC1. The molecular weight excluding hydrogens is 293 g/mol. The second kappa shape index (κ2) is 6.00. The minimum atomic E-state index is -4.33. The van der Waals surface area contributed by atoms with Crippen LogP contribution in [0.4, 0.5) is 19.0 Å². The number of pyridine rings is 1. The number of quaternary nitrogens is 1. The Hall–Kier alpha value is -2.02. The van der Waals surface area contributed by atoms with Crippen molar-refractivity contribution >= 4 is 5.82 Å². The van der Waals surface area contributed by atoms with Crippen LogP contribution in [0.1, 0.15) is 11.3 Å².